The van der Waals surface area contributed by atoms with E-state index in [0.29, 0.717) is 13.1 Å². The largest absolute Gasteiger partial charge is 0.416 e. The zero-order valence-corrected chi connectivity index (χ0v) is 12.6. The predicted molar refractivity (Wildman–Crippen MR) is 74.9 cm³/mol. The minimum absolute atomic E-state index is 0.0145. The molecule has 1 heterocycles. The maximum atomic E-state index is 12.6. The smallest absolute Gasteiger partial charge is 0.296 e. The van der Waals surface area contributed by atoms with Crippen LogP contribution in [0.15, 0.2) is 24.3 Å². The van der Waals surface area contributed by atoms with Gasteiger partial charge in [-0.3, -0.25) is 4.90 Å². The number of piperidine rings is 1. The first kappa shape index (κ1) is 18.1. The van der Waals surface area contributed by atoms with Gasteiger partial charge in [-0.05, 0) is 50.0 Å². The summed E-state index contributed by atoms with van der Waals surface area (Å²) in [7, 11) is 0. The highest BCUT2D eigenvalue weighted by Gasteiger charge is 2.31. The summed E-state index contributed by atoms with van der Waals surface area (Å²) < 4.78 is 74.6. The SMILES string of the molecule is FC(F)(F)CCCN1CCCC[C@H]1c1ccc(C(F)(F)F)cc1. The number of likely N-dealkylation sites (tertiary alicyclic amines) is 1. The lowest BCUT2D eigenvalue weighted by molar-refractivity contribution is -0.138. The standard InChI is InChI=1S/C16H19F6N/c17-15(18,19)9-3-11-23-10-2-1-4-14(23)12-5-7-13(8-6-12)16(20,21)22/h5-8,14H,1-4,9-11H2/t14-/m0/s1. The number of benzene rings is 1. The maximum Gasteiger partial charge on any atom is 0.416 e. The Morgan fingerprint density at radius 1 is 0.957 bits per heavy atom. The van der Waals surface area contributed by atoms with Gasteiger partial charge < -0.3 is 0 Å². The molecule has 1 saturated heterocycles. The molecule has 1 atom stereocenters. The Kier molecular flexibility index (Phi) is 5.60. The van der Waals surface area contributed by atoms with Crippen molar-refractivity contribution in [2.24, 2.45) is 0 Å². The summed E-state index contributed by atoms with van der Waals surface area (Å²) in [6, 6.07) is 4.86. The van der Waals surface area contributed by atoms with Gasteiger partial charge in [0.25, 0.3) is 0 Å². The van der Waals surface area contributed by atoms with Crippen molar-refractivity contribution < 1.29 is 26.3 Å². The summed E-state index contributed by atoms with van der Waals surface area (Å²) in [6.45, 7) is 0.995. The number of halogens is 6. The van der Waals surface area contributed by atoms with Crippen molar-refractivity contribution in [2.45, 2.75) is 50.5 Å². The predicted octanol–water partition coefficient (Wildman–Crippen LogP) is 5.57. The fourth-order valence-corrected chi connectivity index (χ4v) is 3.01. The molecule has 0 aliphatic carbocycles. The van der Waals surface area contributed by atoms with Crippen LogP contribution in [0.1, 0.15) is 49.3 Å². The Hall–Kier alpha value is -1.24. The molecule has 130 valence electrons. The molecular formula is C16H19F6N. The van der Waals surface area contributed by atoms with Crippen LogP contribution in [0.25, 0.3) is 0 Å². The van der Waals surface area contributed by atoms with Crippen molar-refractivity contribution in [3.05, 3.63) is 35.4 Å². The summed E-state index contributed by atoms with van der Waals surface area (Å²) in [5.41, 5.74) is 0.0328. The van der Waals surface area contributed by atoms with E-state index in [1.165, 1.54) is 12.1 Å². The number of hydrogen-bond donors (Lipinski definition) is 0. The van der Waals surface area contributed by atoms with Crippen LogP contribution in [0.4, 0.5) is 26.3 Å². The Balaban J connectivity index is 2.03. The third-order valence-electron chi connectivity index (χ3n) is 4.14. The molecule has 2 rings (SSSR count). The summed E-state index contributed by atoms with van der Waals surface area (Å²) >= 11 is 0. The molecule has 1 aromatic carbocycles. The first-order valence-corrected chi connectivity index (χ1v) is 7.65. The van der Waals surface area contributed by atoms with E-state index in [0.717, 1.165) is 37.0 Å². The molecule has 0 bridgehead atoms. The monoisotopic (exact) mass is 339 g/mol. The van der Waals surface area contributed by atoms with Gasteiger partial charge in [0.15, 0.2) is 0 Å². The second kappa shape index (κ2) is 7.11. The van der Waals surface area contributed by atoms with Gasteiger partial charge in [-0.15, -0.1) is 0 Å². The lowest BCUT2D eigenvalue weighted by Gasteiger charge is -2.36. The fraction of sp³-hybridized carbons (Fsp3) is 0.625. The van der Waals surface area contributed by atoms with Crippen molar-refractivity contribution in [2.75, 3.05) is 13.1 Å². The lowest BCUT2D eigenvalue weighted by Crippen LogP contribution is -2.34. The van der Waals surface area contributed by atoms with Gasteiger partial charge in [0.1, 0.15) is 0 Å². The van der Waals surface area contributed by atoms with Crippen molar-refractivity contribution >= 4 is 0 Å². The van der Waals surface area contributed by atoms with E-state index in [1.807, 2.05) is 4.90 Å². The van der Waals surface area contributed by atoms with Gasteiger partial charge in [0, 0.05) is 12.5 Å². The van der Waals surface area contributed by atoms with Crippen LogP contribution in [-0.2, 0) is 6.18 Å². The third-order valence-corrected chi connectivity index (χ3v) is 4.14. The molecule has 0 spiro atoms. The van der Waals surface area contributed by atoms with Gasteiger partial charge in [-0.1, -0.05) is 18.6 Å². The topological polar surface area (TPSA) is 3.24 Å². The summed E-state index contributed by atoms with van der Waals surface area (Å²) in [5.74, 6) is 0. The second-order valence-corrected chi connectivity index (χ2v) is 5.89. The Bertz CT molecular complexity index is 491. The Morgan fingerprint density at radius 3 is 2.17 bits per heavy atom. The van der Waals surface area contributed by atoms with Crippen molar-refractivity contribution in [3.8, 4) is 0 Å². The quantitative estimate of drug-likeness (QED) is 0.648. The highest BCUT2D eigenvalue weighted by molar-refractivity contribution is 5.27. The summed E-state index contributed by atoms with van der Waals surface area (Å²) in [5, 5.41) is 0. The van der Waals surface area contributed by atoms with Gasteiger partial charge in [0.2, 0.25) is 0 Å². The zero-order valence-electron chi connectivity index (χ0n) is 12.6. The highest BCUT2D eigenvalue weighted by atomic mass is 19.4. The highest BCUT2D eigenvalue weighted by Crippen LogP contribution is 2.34. The molecule has 1 nitrogen and oxygen atoms in total. The van der Waals surface area contributed by atoms with Gasteiger partial charge >= 0.3 is 12.4 Å². The van der Waals surface area contributed by atoms with E-state index in [-0.39, 0.29) is 12.5 Å². The van der Waals surface area contributed by atoms with Crippen LogP contribution in [-0.4, -0.2) is 24.2 Å². The molecule has 0 aromatic heterocycles. The van der Waals surface area contributed by atoms with E-state index in [2.05, 4.69) is 0 Å². The number of rotatable bonds is 4. The number of hydrogen-bond acceptors (Lipinski definition) is 1. The van der Waals surface area contributed by atoms with E-state index < -0.39 is 24.3 Å². The van der Waals surface area contributed by atoms with E-state index in [4.69, 9.17) is 0 Å². The van der Waals surface area contributed by atoms with Crippen molar-refractivity contribution in [1.82, 2.24) is 4.90 Å². The molecule has 1 fully saturated rings. The van der Waals surface area contributed by atoms with Crippen LogP contribution in [0.3, 0.4) is 0 Å². The average Bonchev–Trinajstić information content (AvgIpc) is 2.46. The van der Waals surface area contributed by atoms with Crippen LogP contribution >= 0.6 is 0 Å². The van der Waals surface area contributed by atoms with Crippen molar-refractivity contribution in [3.63, 3.8) is 0 Å². The Morgan fingerprint density at radius 2 is 1.61 bits per heavy atom. The van der Waals surface area contributed by atoms with Crippen LogP contribution in [0, 0.1) is 0 Å². The Labute approximate surface area is 131 Å². The van der Waals surface area contributed by atoms with Gasteiger partial charge in [-0.25, -0.2) is 0 Å². The minimum Gasteiger partial charge on any atom is -0.296 e. The molecule has 0 amide bonds. The first-order chi connectivity index (χ1) is 10.7. The van der Waals surface area contributed by atoms with E-state index in [9.17, 15) is 26.3 Å². The molecule has 1 aliphatic rings. The molecule has 7 heteroatoms. The number of alkyl halides is 6. The molecule has 0 radical (unpaired) electrons. The number of nitrogens with zero attached hydrogens (tertiary/aromatic N) is 1. The first-order valence-electron chi connectivity index (χ1n) is 7.65. The lowest BCUT2D eigenvalue weighted by atomic mass is 9.94. The summed E-state index contributed by atoms with van der Waals surface area (Å²) in [6.07, 6.45) is -6.76. The third kappa shape index (κ3) is 5.41. The molecular weight excluding hydrogens is 320 g/mol. The molecule has 0 saturated carbocycles. The zero-order chi connectivity index (χ0) is 17.1. The van der Waals surface area contributed by atoms with E-state index in [1.54, 1.807) is 0 Å². The minimum atomic E-state index is -4.38. The molecule has 1 aromatic rings. The van der Waals surface area contributed by atoms with Crippen LogP contribution in [0.2, 0.25) is 0 Å². The average molecular weight is 339 g/mol. The van der Waals surface area contributed by atoms with E-state index >= 15 is 0 Å². The molecule has 1 aliphatic heterocycles. The van der Waals surface area contributed by atoms with Crippen LogP contribution < -0.4 is 0 Å². The summed E-state index contributed by atoms with van der Waals surface area (Å²) in [4.78, 5) is 1.96. The van der Waals surface area contributed by atoms with Crippen LogP contribution in [0.5, 0.6) is 0 Å². The second-order valence-electron chi connectivity index (χ2n) is 5.89. The molecule has 0 unspecified atom stereocenters. The fourth-order valence-electron chi connectivity index (χ4n) is 3.01. The van der Waals surface area contributed by atoms with Gasteiger partial charge in [-0.2, -0.15) is 26.3 Å². The molecule has 23 heavy (non-hydrogen) atoms. The van der Waals surface area contributed by atoms with Crippen molar-refractivity contribution in [1.29, 1.82) is 0 Å². The molecule has 0 N–H and O–H groups in total. The van der Waals surface area contributed by atoms with Gasteiger partial charge in [0.05, 0.1) is 5.56 Å². The normalized spacial score (nSPS) is 20.7. The maximum absolute atomic E-state index is 12.6.